The second kappa shape index (κ2) is 11.0. The highest BCUT2D eigenvalue weighted by Crippen LogP contribution is 2.36. The summed E-state index contributed by atoms with van der Waals surface area (Å²) in [4.78, 5) is 25.6. The Hall–Kier alpha value is -1.84. The van der Waals surface area contributed by atoms with Gasteiger partial charge in [0.1, 0.15) is 5.41 Å². The van der Waals surface area contributed by atoms with Gasteiger partial charge in [-0.1, -0.05) is 77.8 Å². The fraction of sp³-hybridized carbons (Fsp3) is 0.636. The van der Waals surface area contributed by atoms with Crippen molar-refractivity contribution in [2.45, 2.75) is 65.7 Å². The Morgan fingerprint density at radius 1 is 0.962 bits per heavy atom. The van der Waals surface area contributed by atoms with Crippen LogP contribution in [0.2, 0.25) is 0 Å². The van der Waals surface area contributed by atoms with Gasteiger partial charge >= 0.3 is 11.9 Å². The van der Waals surface area contributed by atoms with Gasteiger partial charge in [-0.2, -0.15) is 0 Å². The number of ether oxygens (including phenoxy) is 2. The number of unbranched alkanes of at least 4 members (excludes halogenated alkanes) is 1. The van der Waals surface area contributed by atoms with E-state index in [4.69, 9.17) is 9.47 Å². The predicted octanol–water partition coefficient (Wildman–Crippen LogP) is 4.90. The van der Waals surface area contributed by atoms with Crippen LogP contribution in [0.15, 0.2) is 30.3 Å². The van der Waals surface area contributed by atoms with E-state index in [0.717, 1.165) is 18.4 Å². The summed E-state index contributed by atoms with van der Waals surface area (Å²) in [7, 11) is 0. The summed E-state index contributed by atoms with van der Waals surface area (Å²) in [5.41, 5.74) is -0.163. The van der Waals surface area contributed by atoms with Crippen LogP contribution in [0.25, 0.3) is 0 Å². The average Bonchev–Trinajstić information content (AvgIpc) is 2.62. The van der Waals surface area contributed by atoms with Crippen LogP contribution in [-0.2, 0) is 24.5 Å². The molecule has 0 spiro atoms. The lowest BCUT2D eigenvalue weighted by atomic mass is 9.73. The number of carbonyl (C=O) groups is 2. The normalized spacial score (nSPS) is 13.5. The van der Waals surface area contributed by atoms with E-state index >= 15 is 0 Å². The smallest absolute Gasteiger partial charge is 0.317 e. The molecule has 0 aromatic heterocycles. The molecule has 0 aliphatic carbocycles. The molecule has 0 heterocycles. The molecule has 1 unspecified atom stereocenters. The zero-order valence-corrected chi connectivity index (χ0v) is 16.9. The summed E-state index contributed by atoms with van der Waals surface area (Å²) >= 11 is 0. The topological polar surface area (TPSA) is 52.6 Å². The summed E-state index contributed by atoms with van der Waals surface area (Å²) in [5.74, 6) is -0.174. The Morgan fingerprint density at radius 2 is 1.54 bits per heavy atom. The summed E-state index contributed by atoms with van der Waals surface area (Å²) in [6.07, 6.45) is 2.36. The number of benzene rings is 1. The molecule has 1 rings (SSSR count). The SMILES string of the molecule is CCCCC(CC(=O)OCC(C)C)(C(=O)OCC(C)C)c1ccccc1. The summed E-state index contributed by atoms with van der Waals surface area (Å²) in [6, 6.07) is 9.51. The summed E-state index contributed by atoms with van der Waals surface area (Å²) in [6.45, 7) is 10.8. The van der Waals surface area contributed by atoms with Crippen LogP contribution in [0.4, 0.5) is 0 Å². The Morgan fingerprint density at radius 3 is 2.08 bits per heavy atom. The van der Waals surface area contributed by atoms with Gasteiger partial charge in [-0.05, 0) is 23.8 Å². The third-order valence-electron chi connectivity index (χ3n) is 4.25. The minimum Gasteiger partial charge on any atom is -0.465 e. The van der Waals surface area contributed by atoms with Gasteiger partial charge in [-0.15, -0.1) is 0 Å². The molecular weight excluding hydrogens is 328 g/mol. The Kier molecular flexibility index (Phi) is 9.39. The van der Waals surface area contributed by atoms with E-state index in [-0.39, 0.29) is 30.2 Å². The molecule has 0 bridgehead atoms. The maximum Gasteiger partial charge on any atom is 0.317 e. The molecular formula is C22H34O4. The molecule has 0 aliphatic heterocycles. The maximum atomic E-state index is 13.1. The van der Waals surface area contributed by atoms with Crippen molar-refractivity contribution in [1.82, 2.24) is 0 Å². The minimum absolute atomic E-state index is 0.0145. The van der Waals surface area contributed by atoms with Gasteiger partial charge in [0.15, 0.2) is 0 Å². The first-order valence-corrected chi connectivity index (χ1v) is 9.70. The molecule has 0 saturated heterocycles. The number of rotatable bonds is 11. The number of hydrogen-bond donors (Lipinski definition) is 0. The zero-order chi connectivity index (χ0) is 19.6. The van der Waals surface area contributed by atoms with Gasteiger partial charge in [0.2, 0.25) is 0 Å². The van der Waals surface area contributed by atoms with E-state index < -0.39 is 5.41 Å². The van der Waals surface area contributed by atoms with E-state index in [2.05, 4.69) is 6.92 Å². The third-order valence-corrected chi connectivity index (χ3v) is 4.25. The van der Waals surface area contributed by atoms with Crippen molar-refractivity contribution in [2.75, 3.05) is 13.2 Å². The van der Waals surface area contributed by atoms with Crippen LogP contribution >= 0.6 is 0 Å². The van der Waals surface area contributed by atoms with Crippen LogP contribution in [0.5, 0.6) is 0 Å². The highest BCUT2D eigenvalue weighted by molar-refractivity contribution is 5.89. The lowest BCUT2D eigenvalue weighted by Crippen LogP contribution is -2.41. The van der Waals surface area contributed by atoms with Crippen molar-refractivity contribution in [1.29, 1.82) is 0 Å². The number of esters is 2. The minimum atomic E-state index is -0.986. The van der Waals surface area contributed by atoms with Crippen LogP contribution in [-0.4, -0.2) is 25.2 Å². The molecule has 0 saturated carbocycles. The lowest BCUT2D eigenvalue weighted by molar-refractivity contribution is -0.159. The molecule has 1 atom stereocenters. The van der Waals surface area contributed by atoms with Crippen molar-refractivity contribution in [3.8, 4) is 0 Å². The van der Waals surface area contributed by atoms with Crippen molar-refractivity contribution in [3.05, 3.63) is 35.9 Å². The molecule has 1 aromatic carbocycles. The summed E-state index contributed by atoms with van der Waals surface area (Å²) < 4.78 is 11.0. The van der Waals surface area contributed by atoms with Gasteiger partial charge < -0.3 is 9.47 Å². The Bertz CT molecular complexity index is 551. The van der Waals surface area contributed by atoms with Crippen LogP contribution in [0.3, 0.4) is 0 Å². The lowest BCUT2D eigenvalue weighted by Gasteiger charge is -2.32. The molecule has 146 valence electrons. The van der Waals surface area contributed by atoms with Gasteiger partial charge in [0, 0.05) is 0 Å². The molecule has 0 N–H and O–H groups in total. The fourth-order valence-electron chi connectivity index (χ4n) is 2.80. The van der Waals surface area contributed by atoms with E-state index in [1.807, 2.05) is 58.0 Å². The summed E-state index contributed by atoms with van der Waals surface area (Å²) in [5, 5.41) is 0. The monoisotopic (exact) mass is 362 g/mol. The van der Waals surface area contributed by atoms with Gasteiger partial charge in [0.05, 0.1) is 19.6 Å². The van der Waals surface area contributed by atoms with E-state index in [1.165, 1.54) is 0 Å². The highest BCUT2D eigenvalue weighted by atomic mass is 16.5. The largest absolute Gasteiger partial charge is 0.465 e. The molecule has 1 aromatic rings. The van der Waals surface area contributed by atoms with Crippen molar-refractivity contribution in [2.24, 2.45) is 11.8 Å². The molecule has 26 heavy (non-hydrogen) atoms. The van der Waals surface area contributed by atoms with Gasteiger partial charge in [0.25, 0.3) is 0 Å². The Labute approximate surface area is 158 Å². The first-order chi connectivity index (χ1) is 12.3. The van der Waals surface area contributed by atoms with Crippen molar-refractivity contribution < 1.29 is 19.1 Å². The average molecular weight is 363 g/mol. The standard InChI is InChI=1S/C22H34O4/c1-6-7-13-22(19-11-9-8-10-12-19,21(24)26-16-18(4)5)14-20(23)25-15-17(2)3/h8-12,17-18H,6-7,13-16H2,1-5H3. The molecule has 0 aliphatic rings. The van der Waals surface area contributed by atoms with Crippen LogP contribution in [0, 0.1) is 11.8 Å². The van der Waals surface area contributed by atoms with Gasteiger partial charge in [-0.3, -0.25) is 9.59 Å². The van der Waals surface area contributed by atoms with E-state index in [1.54, 1.807) is 0 Å². The fourth-order valence-corrected chi connectivity index (χ4v) is 2.80. The molecule has 0 amide bonds. The van der Waals surface area contributed by atoms with E-state index in [0.29, 0.717) is 19.6 Å². The highest BCUT2D eigenvalue weighted by Gasteiger charge is 2.43. The van der Waals surface area contributed by atoms with E-state index in [9.17, 15) is 9.59 Å². The predicted molar refractivity (Wildman–Crippen MR) is 104 cm³/mol. The first kappa shape index (κ1) is 22.2. The second-order valence-corrected chi connectivity index (χ2v) is 7.80. The Balaban J connectivity index is 3.16. The maximum absolute atomic E-state index is 13.1. The molecule has 0 radical (unpaired) electrons. The van der Waals surface area contributed by atoms with Crippen molar-refractivity contribution >= 4 is 11.9 Å². The van der Waals surface area contributed by atoms with Gasteiger partial charge in [-0.25, -0.2) is 0 Å². The number of carbonyl (C=O) groups excluding carboxylic acids is 2. The van der Waals surface area contributed by atoms with Crippen LogP contribution in [0.1, 0.15) is 65.9 Å². The first-order valence-electron chi connectivity index (χ1n) is 9.70. The third kappa shape index (κ3) is 6.81. The quantitative estimate of drug-likeness (QED) is 0.525. The molecule has 4 nitrogen and oxygen atoms in total. The van der Waals surface area contributed by atoms with Crippen molar-refractivity contribution in [3.63, 3.8) is 0 Å². The zero-order valence-electron chi connectivity index (χ0n) is 16.9. The second-order valence-electron chi connectivity index (χ2n) is 7.80. The molecule has 4 heteroatoms. The van der Waals surface area contributed by atoms with Crippen LogP contribution < -0.4 is 0 Å². The molecule has 0 fully saturated rings. The number of hydrogen-bond acceptors (Lipinski definition) is 4.